The zero-order valence-corrected chi connectivity index (χ0v) is 20.9. The molecule has 1 aromatic heterocycles. The molecule has 0 radical (unpaired) electrons. The number of oxime groups is 1. The van der Waals surface area contributed by atoms with E-state index in [1.54, 1.807) is 17.3 Å². The summed E-state index contributed by atoms with van der Waals surface area (Å²) in [6.45, 7) is 5.42. The summed E-state index contributed by atoms with van der Waals surface area (Å²) >= 11 is 6.27. The summed E-state index contributed by atoms with van der Waals surface area (Å²) < 4.78 is 0. The van der Waals surface area contributed by atoms with Crippen LogP contribution in [0.1, 0.15) is 24.8 Å². The second-order valence-electron chi connectivity index (χ2n) is 9.38. The Hall–Kier alpha value is -3.37. The fraction of sp³-hybridized carbons (Fsp3) is 0.440. The predicted molar refractivity (Wildman–Crippen MR) is 136 cm³/mol. The van der Waals surface area contributed by atoms with Crippen LogP contribution >= 0.6 is 11.6 Å². The molecule has 1 N–H and O–H groups in total. The van der Waals surface area contributed by atoms with Crippen LogP contribution in [0.3, 0.4) is 0 Å². The molecule has 4 heterocycles. The van der Waals surface area contributed by atoms with Gasteiger partial charge in [0.2, 0.25) is 0 Å². The van der Waals surface area contributed by atoms with Crippen LogP contribution in [-0.2, 0) is 14.5 Å². The molecule has 11 heteroatoms. The molecule has 2 fully saturated rings. The third kappa shape index (κ3) is 5.39. The number of nitrogens with zero attached hydrogens (tertiary/aromatic N) is 5. The summed E-state index contributed by atoms with van der Waals surface area (Å²) in [5.74, 6) is 0.656. The second kappa shape index (κ2) is 10.3. The highest BCUT2D eigenvalue weighted by Crippen LogP contribution is 2.35. The minimum atomic E-state index is -0.527. The van der Waals surface area contributed by atoms with Crippen LogP contribution in [0.15, 0.2) is 47.8 Å². The molecule has 5 rings (SSSR count). The lowest BCUT2D eigenvalue weighted by Gasteiger charge is -2.36. The van der Waals surface area contributed by atoms with Crippen molar-refractivity contribution in [3.05, 3.63) is 53.2 Å². The zero-order valence-electron chi connectivity index (χ0n) is 20.2. The van der Waals surface area contributed by atoms with Gasteiger partial charge < -0.3 is 19.5 Å². The minimum absolute atomic E-state index is 0.0881. The van der Waals surface area contributed by atoms with Crippen LogP contribution in [0.25, 0.3) is 0 Å². The number of carbonyl (C=O) groups is 2. The third-order valence-electron chi connectivity index (χ3n) is 6.84. The lowest BCUT2D eigenvalue weighted by molar-refractivity contribution is -0.154. The maximum atomic E-state index is 13.1. The fourth-order valence-corrected chi connectivity index (χ4v) is 4.94. The van der Waals surface area contributed by atoms with Crippen molar-refractivity contribution in [3.8, 4) is 0 Å². The summed E-state index contributed by atoms with van der Waals surface area (Å²) in [7, 11) is 0. The quantitative estimate of drug-likeness (QED) is 0.669. The Kier molecular flexibility index (Phi) is 6.97. The Morgan fingerprint density at radius 2 is 1.78 bits per heavy atom. The number of pyridine rings is 1. The van der Waals surface area contributed by atoms with Crippen LogP contribution in [0.4, 0.5) is 16.3 Å². The Morgan fingerprint density at radius 3 is 2.47 bits per heavy atom. The first-order valence-electron chi connectivity index (χ1n) is 12.1. The minimum Gasteiger partial charge on any atom is -0.388 e. The Balaban J connectivity index is 1.07. The number of rotatable bonds is 4. The number of amides is 2. The molecule has 0 saturated carbocycles. The predicted octanol–water partition coefficient (Wildman–Crippen LogP) is 3.47. The normalized spacial score (nSPS) is 19.6. The van der Waals surface area contributed by atoms with Crippen molar-refractivity contribution >= 4 is 40.8 Å². The van der Waals surface area contributed by atoms with Gasteiger partial charge in [-0.05, 0) is 31.2 Å². The molecule has 2 aromatic rings. The molecule has 2 saturated heterocycles. The molecule has 0 unspecified atom stereocenters. The second-order valence-corrected chi connectivity index (χ2v) is 9.78. The van der Waals surface area contributed by atoms with Gasteiger partial charge >= 0.3 is 6.09 Å². The van der Waals surface area contributed by atoms with Gasteiger partial charge in [-0.3, -0.25) is 10.1 Å². The Labute approximate surface area is 214 Å². The Morgan fingerprint density at radius 1 is 1.06 bits per heavy atom. The van der Waals surface area contributed by atoms with E-state index < -0.39 is 11.7 Å². The van der Waals surface area contributed by atoms with E-state index >= 15 is 0 Å². The van der Waals surface area contributed by atoms with Gasteiger partial charge in [0.15, 0.2) is 0 Å². The van der Waals surface area contributed by atoms with E-state index in [2.05, 4.69) is 20.4 Å². The van der Waals surface area contributed by atoms with Gasteiger partial charge in [0.1, 0.15) is 17.1 Å². The summed E-state index contributed by atoms with van der Waals surface area (Å²) in [6.07, 6.45) is 2.87. The average Bonchev–Trinajstić information content (AvgIpc) is 3.30. The number of aryl methyl sites for hydroxylation is 1. The van der Waals surface area contributed by atoms with E-state index in [0.29, 0.717) is 75.0 Å². The average molecular weight is 513 g/mol. The van der Waals surface area contributed by atoms with Crippen LogP contribution in [0, 0.1) is 6.92 Å². The van der Waals surface area contributed by atoms with E-state index in [1.165, 1.54) is 0 Å². The number of piperidine rings is 1. The van der Waals surface area contributed by atoms with Gasteiger partial charge in [-0.25, -0.2) is 9.78 Å². The summed E-state index contributed by atoms with van der Waals surface area (Å²) in [4.78, 5) is 44.8. The van der Waals surface area contributed by atoms with Crippen LogP contribution in [0.2, 0.25) is 5.02 Å². The van der Waals surface area contributed by atoms with Crippen LogP contribution in [-0.4, -0.2) is 77.5 Å². The van der Waals surface area contributed by atoms with Gasteiger partial charge in [-0.15, -0.1) is 5.06 Å². The number of hydroxylamine groups is 2. The van der Waals surface area contributed by atoms with E-state index in [4.69, 9.17) is 21.3 Å². The molecule has 1 spiro atoms. The highest BCUT2D eigenvalue weighted by Gasteiger charge is 2.45. The van der Waals surface area contributed by atoms with Crippen molar-refractivity contribution in [3.63, 3.8) is 0 Å². The number of nitrogens with one attached hydrogen (secondary N) is 1. The first kappa shape index (κ1) is 24.3. The van der Waals surface area contributed by atoms with Crippen molar-refractivity contribution in [2.24, 2.45) is 5.16 Å². The number of hydrogen-bond donors (Lipinski definition) is 1. The lowest BCUT2D eigenvalue weighted by atomic mass is 9.87. The summed E-state index contributed by atoms with van der Waals surface area (Å²) in [5.41, 5.74) is 1.72. The first-order valence-corrected chi connectivity index (χ1v) is 12.5. The highest BCUT2D eigenvalue weighted by molar-refractivity contribution is 6.39. The molecule has 3 aliphatic rings. The van der Waals surface area contributed by atoms with Crippen molar-refractivity contribution < 1.29 is 19.3 Å². The number of hydrogen-bond acceptors (Lipinski definition) is 8. The van der Waals surface area contributed by atoms with E-state index in [-0.39, 0.29) is 5.91 Å². The molecule has 0 bridgehead atoms. The van der Waals surface area contributed by atoms with Gasteiger partial charge in [-0.1, -0.05) is 34.5 Å². The monoisotopic (exact) mass is 512 g/mol. The molecule has 3 aliphatic heterocycles. The van der Waals surface area contributed by atoms with Crippen molar-refractivity contribution in [1.29, 1.82) is 0 Å². The summed E-state index contributed by atoms with van der Waals surface area (Å²) in [6, 6.07) is 11.1. The molecule has 10 nitrogen and oxygen atoms in total. The number of piperazine rings is 1. The fourth-order valence-electron chi connectivity index (χ4n) is 4.70. The van der Waals surface area contributed by atoms with Crippen LogP contribution < -0.4 is 10.2 Å². The molecule has 36 heavy (non-hydrogen) atoms. The smallest absolute Gasteiger partial charge is 0.388 e. The molecular weight excluding hydrogens is 484 g/mol. The molecule has 190 valence electrons. The number of anilines is 2. The van der Waals surface area contributed by atoms with Gasteiger partial charge in [0.25, 0.3) is 5.91 Å². The van der Waals surface area contributed by atoms with Gasteiger partial charge in [0, 0.05) is 70.4 Å². The Bertz CT molecular complexity index is 1140. The molecule has 0 atom stereocenters. The van der Waals surface area contributed by atoms with E-state index in [1.807, 2.05) is 42.2 Å². The van der Waals surface area contributed by atoms with E-state index in [0.717, 1.165) is 11.4 Å². The van der Waals surface area contributed by atoms with Crippen molar-refractivity contribution in [2.45, 2.75) is 31.8 Å². The third-order valence-corrected chi connectivity index (χ3v) is 7.13. The standard InChI is InChI=1S/C25H29ClN6O4/c1-18-4-6-19(7-5-18)28-24(34)35-32-11-8-25(9-12-32)17-21(29-36-25)23(33)31-15-13-30(14-16-31)22-20(26)3-2-10-27-22/h2-7,10H,8-9,11-17H2,1H3,(H,28,34). The highest BCUT2D eigenvalue weighted by atomic mass is 35.5. The number of benzene rings is 1. The lowest BCUT2D eigenvalue weighted by Crippen LogP contribution is -2.51. The first-order chi connectivity index (χ1) is 17.4. The number of halogens is 1. The van der Waals surface area contributed by atoms with Crippen LogP contribution in [0.5, 0.6) is 0 Å². The van der Waals surface area contributed by atoms with Gasteiger partial charge in [-0.2, -0.15) is 0 Å². The molecule has 2 amide bonds. The molecule has 0 aliphatic carbocycles. The van der Waals surface area contributed by atoms with Gasteiger partial charge in [0.05, 0.1) is 5.02 Å². The number of carbonyl (C=O) groups excluding carboxylic acids is 2. The van der Waals surface area contributed by atoms with E-state index in [9.17, 15) is 9.59 Å². The largest absolute Gasteiger partial charge is 0.430 e. The maximum absolute atomic E-state index is 13.1. The van der Waals surface area contributed by atoms with Crippen molar-refractivity contribution in [2.75, 3.05) is 49.5 Å². The van der Waals surface area contributed by atoms with Crippen molar-refractivity contribution in [1.82, 2.24) is 14.9 Å². The SMILES string of the molecule is Cc1ccc(NC(=O)ON2CCC3(CC2)CC(C(=O)N2CCN(c4ncccc4Cl)CC2)=NO3)cc1. The topological polar surface area (TPSA) is 99.6 Å². The molecule has 1 aromatic carbocycles. The number of aromatic nitrogens is 1. The molecular formula is C25H29ClN6O4. The maximum Gasteiger partial charge on any atom is 0.430 e. The zero-order chi connectivity index (χ0) is 25.1. The summed E-state index contributed by atoms with van der Waals surface area (Å²) in [5, 5.41) is 9.13.